The molecular formula is C12H22N4O2S. The number of aromatic nitrogens is 2. The Labute approximate surface area is 118 Å². The second kappa shape index (κ2) is 7.14. The van der Waals surface area contributed by atoms with Crippen LogP contribution < -0.4 is 4.74 Å². The van der Waals surface area contributed by atoms with E-state index in [4.69, 9.17) is 4.74 Å². The lowest BCUT2D eigenvalue weighted by molar-refractivity contribution is 0.0780. The molecule has 2 heterocycles. The highest BCUT2D eigenvalue weighted by atomic mass is 32.1. The lowest BCUT2D eigenvalue weighted by Crippen LogP contribution is -2.47. The molecule has 0 spiro atoms. The maximum Gasteiger partial charge on any atom is 0.294 e. The van der Waals surface area contributed by atoms with Gasteiger partial charge in [-0.2, -0.15) is 0 Å². The van der Waals surface area contributed by atoms with Crippen LogP contribution in [0.15, 0.2) is 0 Å². The van der Waals surface area contributed by atoms with Crippen LogP contribution in [0.1, 0.15) is 18.9 Å². The molecule has 0 saturated carbocycles. The van der Waals surface area contributed by atoms with Gasteiger partial charge in [0.15, 0.2) is 0 Å². The van der Waals surface area contributed by atoms with Crippen molar-refractivity contribution in [1.82, 2.24) is 20.0 Å². The minimum Gasteiger partial charge on any atom is -0.469 e. The maximum absolute atomic E-state index is 9.37. The van der Waals surface area contributed by atoms with Gasteiger partial charge in [0.25, 0.3) is 5.19 Å². The summed E-state index contributed by atoms with van der Waals surface area (Å²) in [5, 5.41) is 19.2. The Kier molecular flexibility index (Phi) is 5.50. The van der Waals surface area contributed by atoms with Crippen LogP contribution in [-0.4, -0.2) is 70.5 Å². The SMILES string of the molecule is CCOc1nnc(CN2CCN(C[C@H](C)O)CC2)s1. The highest BCUT2D eigenvalue weighted by Crippen LogP contribution is 2.19. The molecule has 1 fully saturated rings. The molecular weight excluding hydrogens is 264 g/mol. The van der Waals surface area contributed by atoms with E-state index in [-0.39, 0.29) is 6.10 Å². The Morgan fingerprint density at radius 2 is 1.95 bits per heavy atom. The van der Waals surface area contributed by atoms with Crippen molar-refractivity contribution >= 4 is 11.3 Å². The summed E-state index contributed by atoms with van der Waals surface area (Å²) in [5.41, 5.74) is 0. The van der Waals surface area contributed by atoms with Crippen LogP contribution in [0.2, 0.25) is 0 Å². The maximum atomic E-state index is 9.37. The number of rotatable bonds is 6. The van der Waals surface area contributed by atoms with Gasteiger partial charge in [-0.05, 0) is 13.8 Å². The van der Waals surface area contributed by atoms with Gasteiger partial charge in [0, 0.05) is 32.7 Å². The summed E-state index contributed by atoms with van der Waals surface area (Å²) in [4.78, 5) is 4.67. The summed E-state index contributed by atoms with van der Waals surface area (Å²) in [7, 11) is 0. The molecule has 6 nitrogen and oxygen atoms in total. The summed E-state index contributed by atoms with van der Waals surface area (Å²) in [6, 6.07) is 0. The molecule has 1 saturated heterocycles. The number of hydrogen-bond acceptors (Lipinski definition) is 7. The van der Waals surface area contributed by atoms with Crippen molar-refractivity contribution in [3.05, 3.63) is 5.01 Å². The number of aliphatic hydroxyl groups excluding tert-OH is 1. The lowest BCUT2D eigenvalue weighted by atomic mass is 10.3. The quantitative estimate of drug-likeness (QED) is 0.818. The molecule has 1 N–H and O–H groups in total. The van der Waals surface area contributed by atoms with Crippen molar-refractivity contribution in [2.24, 2.45) is 0 Å². The third-order valence-corrected chi connectivity index (χ3v) is 3.88. The summed E-state index contributed by atoms with van der Waals surface area (Å²) < 4.78 is 5.33. The minimum atomic E-state index is -0.247. The Hall–Kier alpha value is -0.760. The smallest absolute Gasteiger partial charge is 0.294 e. The Morgan fingerprint density at radius 3 is 2.58 bits per heavy atom. The molecule has 7 heteroatoms. The van der Waals surface area contributed by atoms with Gasteiger partial charge in [-0.3, -0.25) is 9.80 Å². The summed E-state index contributed by atoms with van der Waals surface area (Å²) in [5.74, 6) is 0. The second-order valence-electron chi connectivity index (χ2n) is 4.82. The predicted molar refractivity (Wildman–Crippen MR) is 74.5 cm³/mol. The molecule has 1 aliphatic heterocycles. The van der Waals surface area contributed by atoms with E-state index in [1.807, 2.05) is 13.8 Å². The first-order valence-electron chi connectivity index (χ1n) is 6.75. The van der Waals surface area contributed by atoms with Crippen LogP contribution in [0, 0.1) is 0 Å². The monoisotopic (exact) mass is 286 g/mol. The number of ether oxygens (including phenoxy) is 1. The molecule has 1 aromatic rings. The van der Waals surface area contributed by atoms with Crippen molar-refractivity contribution in [1.29, 1.82) is 0 Å². The van der Waals surface area contributed by atoms with E-state index < -0.39 is 0 Å². The normalized spacial score (nSPS) is 19.5. The van der Waals surface area contributed by atoms with E-state index in [9.17, 15) is 5.11 Å². The van der Waals surface area contributed by atoms with Gasteiger partial charge in [-0.1, -0.05) is 11.3 Å². The summed E-state index contributed by atoms with van der Waals surface area (Å²) >= 11 is 1.52. The van der Waals surface area contributed by atoms with Crippen LogP contribution in [0.5, 0.6) is 5.19 Å². The molecule has 1 aromatic heterocycles. The molecule has 108 valence electrons. The molecule has 19 heavy (non-hydrogen) atoms. The summed E-state index contributed by atoms with van der Waals surface area (Å²) in [6.45, 7) is 10.0. The fraction of sp³-hybridized carbons (Fsp3) is 0.833. The van der Waals surface area contributed by atoms with Gasteiger partial charge < -0.3 is 9.84 Å². The highest BCUT2D eigenvalue weighted by molar-refractivity contribution is 7.13. The molecule has 0 bridgehead atoms. The van der Waals surface area contributed by atoms with Gasteiger partial charge in [-0.25, -0.2) is 0 Å². The Bertz CT molecular complexity index is 378. The molecule has 0 radical (unpaired) electrons. The zero-order valence-corrected chi connectivity index (χ0v) is 12.4. The Morgan fingerprint density at radius 1 is 1.26 bits per heavy atom. The van der Waals surface area contributed by atoms with E-state index >= 15 is 0 Å². The van der Waals surface area contributed by atoms with Crippen molar-refractivity contribution in [3.8, 4) is 5.19 Å². The fourth-order valence-electron chi connectivity index (χ4n) is 2.18. The first-order valence-corrected chi connectivity index (χ1v) is 7.57. The van der Waals surface area contributed by atoms with Crippen molar-refractivity contribution in [3.63, 3.8) is 0 Å². The standard InChI is InChI=1S/C12H22N4O2S/c1-3-18-12-14-13-11(19-12)9-16-6-4-15(5-7-16)8-10(2)17/h10,17H,3-9H2,1-2H3/t10-/m0/s1. The zero-order valence-electron chi connectivity index (χ0n) is 11.6. The average molecular weight is 286 g/mol. The van der Waals surface area contributed by atoms with Crippen molar-refractivity contribution in [2.75, 3.05) is 39.3 Å². The number of nitrogens with zero attached hydrogens (tertiary/aromatic N) is 4. The van der Waals surface area contributed by atoms with Gasteiger partial charge >= 0.3 is 0 Å². The van der Waals surface area contributed by atoms with Gasteiger partial charge in [0.1, 0.15) is 5.01 Å². The molecule has 0 unspecified atom stereocenters. The number of aliphatic hydroxyl groups is 1. The highest BCUT2D eigenvalue weighted by Gasteiger charge is 2.19. The van der Waals surface area contributed by atoms with E-state index in [1.165, 1.54) is 11.3 Å². The molecule has 0 aromatic carbocycles. The van der Waals surface area contributed by atoms with E-state index in [0.29, 0.717) is 11.8 Å². The van der Waals surface area contributed by atoms with E-state index in [0.717, 1.165) is 44.3 Å². The third kappa shape index (κ3) is 4.68. The largest absolute Gasteiger partial charge is 0.469 e. The fourth-order valence-corrected chi connectivity index (χ4v) is 2.97. The summed E-state index contributed by atoms with van der Waals surface area (Å²) in [6.07, 6.45) is -0.247. The van der Waals surface area contributed by atoms with Gasteiger partial charge in [0.05, 0.1) is 19.3 Å². The molecule has 1 atom stereocenters. The van der Waals surface area contributed by atoms with E-state index in [2.05, 4.69) is 20.0 Å². The predicted octanol–water partition coefficient (Wildman–Crippen LogP) is 0.435. The first-order chi connectivity index (χ1) is 9.17. The van der Waals surface area contributed by atoms with Gasteiger partial charge in [0.2, 0.25) is 0 Å². The Balaban J connectivity index is 1.75. The van der Waals surface area contributed by atoms with Crippen LogP contribution in [0.3, 0.4) is 0 Å². The second-order valence-corrected chi connectivity index (χ2v) is 5.85. The van der Waals surface area contributed by atoms with Crippen LogP contribution >= 0.6 is 11.3 Å². The average Bonchev–Trinajstić information content (AvgIpc) is 2.79. The lowest BCUT2D eigenvalue weighted by Gasteiger charge is -2.34. The number of piperazine rings is 1. The topological polar surface area (TPSA) is 61.7 Å². The van der Waals surface area contributed by atoms with Crippen LogP contribution in [-0.2, 0) is 6.54 Å². The first kappa shape index (κ1) is 14.6. The van der Waals surface area contributed by atoms with Crippen molar-refractivity contribution in [2.45, 2.75) is 26.5 Å². The van der Waals surface area contributed by atoms with Crippen molar-refractivity contribution < 1.29 is 9.84 Å². The molecule has 1 aliphatic rings. The van der Waals surface area contributed by atoms with Gasteiger partial charge in [-0.15, -0.1) is 10.2 Å². The molecule has 0 aliphatic carbocycles. The number of β-amino-alcohol motifs (C(OH)–C–C–N with tert-alkyl or cyclic N) is 1. The number of hydrogen-bond donors (Lipinski definition) is 1. The molecule has 0 amide bonds. The minimum absolute atomic E-state index is 0.247. The third-order valence-electron chi connectivity index (χ3n) is 3.06. The molecule has 2 rings (SSSR count). The van der Waals surface area contributed by atoms with E-state index in [1.54, 1.807) is 0 Å². The van der Waals surface area contributed by atoms with Crippen LogP contribution in [0.4, 0.5) is 0 Å². The van der Waals surface area contributed by atoms with Crippen LogP contribution in [0.25, 0.3) is 0 Å². The zero-order chi connectivity index (χ0) is 13.7.